The highest BCUT2D eigenvalue weighted by Crippen LogP contribution is 2.22. The van der Waals surface area contributed by atoms with E-state index in [1.165, 1.54) is 6.07 Å². The van der Waals surface area contributed by atoms with Gasteiger partial charge in [0.1, 0.15) is 28.6 Å². The fourth-order valence-electron chi connectivity index (χ4n) is 1.04. The van der Waals surface area contributed by atoms with Gasteiger partial charge in [-0.25, -0.2) is 9.42 Å². The maximum Gasteiger partial charge on any atom is 0.346 e. The van der Waals surface area contributed by atoms with Crippen molar-refractivity contribution >= 4 is 17.3 Å². The zero-order valence-electron chi connectivity index (χ0n) is 8.34. The Kier molecular flexibility index (Phi) is 2.86. The Labute approximate surface area is 94.4 Å². The molecule has 0 atom stereocenters. The van der Waals surface area contributed by atoms with Crippen LogP contribution in [0.5, 0.6) is 5.75 Å². The van der Waals surface area contributed by atoms with Gasteiger partial charge in [-0.15, -0.1) is 11.3 Å². The van der Waals surface area contributed by atoms with Crippen LogP contribution in [-0.2, 0) is 6.61 Å². The Balaban J connectivity index is 2.00. The molecule has 84 valence electrons. The van der Waals surface area contributed by atoms with E-state index < -0.39 is 5.97 Å². The van der Waals surface area contributed by atoms with E-state index in [0.717, 1.165) is 11.3 Å². The molecular weight excluding hydrogens is 232 g/mol. The molecule has 2 heterocycles. The lowest BCUT2D eigenvalue weighted by molar-refractivity contribution is 0.0702. The smallest absolute Gasteiger partial charge is 0.346 e. The Hall–Kier alpha value is -1.89. The first-order chi connectivity index (χ1) is 7.66. The number of ether oxygens (including phenoxy) is 1. The summed E-state index contributed by atoms with van der Waals surface area (Å²) >= 11 is 1.12. The van der Waals surface area contributed by atoms with E-state index >= 15 is 0 Å². The van der Waals surface area contributed by atoms with E-state index in [0.29, 0.717) is 17.1 Å². The van der Waals surface area contributed by atoms with E-state index in [1.54, 1.807) is 12.3 Å². The van der Waals surface area contributed by atoms with Gasteiger partial charge in [-0.05, 0) is 6.92 Å². The van der Waals surface area contributed by atoms with Crippen LogP contribution >= 0.6 is 11.3 Å². The molecule has 2 aromatic heterocycles. The molecule has 0 unspecified atom stereocenters. The van der Waals surface area contributed by atoms with Crippen LogP contribution in [0.15, 0.2) is 16.1 Å². The third kappa shape index (κ3) is 2.19. The van der Waals surface area contributed by atoms with Crippen molar-refractivity contribution in [1.82, 2.24) is 10.3 Å². The second-order valence-electron chi connectivity index (χ2n) is 3.04. The fraction of sp³-hybridized carbons (Fsp3) is 0.222. The molecule has 7 heteroatoms. The summed E-state index contributed by atoms with van der Waals surface area (Å²) < 4.78 is 9.85. The number of thiophene rings is 1. The molecule has 0 aliphatic rings. The molecule has 0 aromatic carbocycles. The van der Waals surface area contributed by atoms with Crippen LogP contribution in [-0.4, -0.2) is 21.4 Å². The van der Waals surface area contributed by atoms with Crippen LogP contribution in [0.1, 0.15) is 21.1 Å². The molecular formula is C9H8N2O4S. The number of aromatic nitrogens is 2. The van der Waals surface area contributed by atoms with Crippen LogP contribution in [0.2, 0.25) is 0 Å². The van der Waals surface area contributed by atoms with Crippen LogP contribution < -0.4 is 4.74 Å². The molecule has 16 heavy (non-hydrogen) atoms. The van der Waals surface area contributed by atoms with Crippen molar-refractivity contribution in [2.75, 3.05) is 0 Å². The Morgan fingerprint density at radius 2 is 2.44 bits per heavy atom. The molecule has 6 nitrogen and oxygen atoms in total. The van der Waals surface area contributed by atoms with Crippen LogP contribution in [0.3, 0.4) is 0 Å². The zero-order valence-corrected chi connectivity index (χ0v) is 9.15. The molecule has 0 fully saturated rings. The number of carboxylic acid groups (broad SMARTS) is 1. The highest BCUT2D eigenvalue weighted by molar-refractivity contribution is 7.12. The molecule has 0 aliphatic carbocycles. The maximum atomic E-state index is 10.6. The number of carbonyl (C=O) groups is 1. The van der Waals surface area contributed by atoms with Crippen molar-refractivity contribution in [1.29, 1.82) is 0 Å². The van der Waals surface area contributed by atoms with Gasteiger partial charge >= 0.3 is 5.97 Å². The largest absolute Gasteiger partial charge is 0.486 e. The molecule has 0 aliphatic heterocycles. The summed E-state index contributed by atoms with van der Waals surface area (Å²) in [6.07, 6.45) is 0. The van der Waals surface area contributed by atoms with E-state index in [2.05, 4.69) is 14.9 Å². The zero-order chi connectivity index (χ0) is 11.5. The summed E-state index contributed by atoms with van der Waals surface area (Å²) in [5.74, 6) is -0.455. The summed E-state index contributed by atoms with van der Waals surface area (Å²) in [6.45, 7) is 1.97. The minimum Gasteiger partial charge on any atom is -0.486 e. The van der Waals surface area contributed by atoms with Gasteiger partial charge in [0.05, 0.1) is 0 Å². The minimum absolute atomic E-state index is 0.213. The quantitative estimate of drug-likeness (QED) is 0.875. The summed E-state index contributed by atoms with van der Waals surface area (Å²) in [6, 6.07) is 1.47. The maximum absolute atomic E-state index is 10.6. The first-order valence-electron chi connectivity index (χ1n) is 4.39. The SMILES string of the molecule is Cc1nonc1COc1csc(C(=O)O)c1. The average Bonchev–Trinajstić information content (AvgIpc) is 2.83. The van der Waals surface area contributed by atoms with E-state index in [1.807, 2.05) is 0 Å². The van der Waals surface area contributed by atoms with Crippen molar-refractivity contribution in [2.45, 2.75) is 13.5 Å². The minimum atomic E-state index is -0.959. The first kappa shape index (κ1) is 10.6. The summed E-state index contributed by atoms with van der Waals surface area (Å²) in [4.78, 5) is 10.9. The van der Waals surface area contributed by atoms with Gasteiger partial charge in [-0.2, -0.15) is 0 Å². The van der Waals surface area contributed by atoms with E-state index in [4.69, 9.17) is 9.84 Å². The van der Waals surface area contributed by atoms with Crippen molar-refractivity contribution in [3.63, 3.8) is 0 Å². The third-order valence-electron chi connectivity index (χ3n) is 1.91. The van der Waals surface area contributed by atoms with E-state index in [9.17, 15) is 4.79 Å². The normalized spacial score (nSPS) is 10.3. The first-order valence-corrected chi connectivity index (χ1v) is 5.27. The van der Waals surface area contributed by atoms with Crippen molar-refractivity contribution in [3.8, 4) is 5.75 Å². The predicted octanol–water partition coefficient (Wildman–Crippen LogP) is 1.72. The molecule has 0 amide bonds. The molecule has 0 bridgehead atoms. The Morgan fingerprint density at radius 3 is 3.00 bits per heavy atom. The summed E-state index contributed by atoms with van der Waals surface area (Å²) in [5, 5.41) is 17.6. The lowest BCUT2D eigenvalue weighted by atomic mass is 10.4. The third-order valence-corrected chi connectivity index (χ3v) is 2.80. The van der Waals surface area contributed by atoms with Gasteiger partial charge in [0, 0.05) is 11.4 Å². The van der Waals surface area contributed by atoms with Crippen molar-refractivity contribution < 1.29 is 19.3 Å². The van der Waals surface area contributed by atoms with Gasteiger partial charge < -0.3 is 9.84 Å². The van der Waals surface area contributed by atoms with Gasteiger partial charge in [0.25, 0.3) is 0 Å². The lowest BCUT2D eigenvalue weighted by Gasteiger charge is -1.99. The second-order valence-corrected chi connectivity index (χ2v) is 3.95. The number of hydrogen-bond donors (Lipinski definition) is 1. The molecule has 0 radical (unpaired) electrons. The number of nitrogens with zero attached hydrogens (tertiary/aromatic N) is 2. The lowest BCUT2D eigenvalue weighted by Crippen LogP contribution is -1.97. The number of aryl methyl sites for hydroxylation is 1. The molecule has 2 aromatic rings. The van der Waals surface area contributed by atoms with Crippen LogP contribution in [0.4, 0.5) is 0 Å². The standard InChI is InChI=1S/C9H8N2O4S/c1-5-7(11-15-10-5)3-14-6-2-8(9(12)13)16-4-6/h2,4H,3H2,1H3,(H,12,13). The molecule has 1 N–H and O–H groups in total. The number of rotatable bonds is 4. The predicted molar refractivity (Wildman–Crippen MR) is 54.6 cm³/mol. The molecule has 0 saturated heterocycles. The molecule has 0 saturated carbocycles. The van der Waals surface area contributed by atoms with Crippen molar-refractivity contribution in [2.24, 2.45) is 0 Å². The number of hydrogen-bond acceptors (Lipinski definition) is 6. The van der Waals surface area contributed by atoms with Crippen molar-refractivity contribution in [3.05, 3.63) is 27.7 Å². The van der Waals surface area contributed by atoms with E-state index in [-0.39, 0.29) is 11.5 Å². The molecule has 0 spiro atoms. The highest BCUT2D eigenvalue weighted by Gasteiger charge is 2.09. The van der Waals surface area contributed by atoms with Gasteiger partial charge in [0.2, 0.25) is 0 Å². The Morgan fingerprint density at radius 1 is 1.62 bits per heavy atom. The number of aromatic carboxylic acids is 1. The highest BCUT2D eigenvalue weighted by atomic mass is 32.1. The van der Waals surface area contributed by atoms with Crippen LogP contribution in [0, 0.1) is 6.92 Å². The monoisotopic (exact) mass is 240 g/mol. The van der Waals surface area contributed by atoms with Gasteiger partial charge in [0.15, 0.2) is 0 Å². The Bertz CT molecular complexity index is 505. The summed E-state index contributed by atoms with van der Waals surface area (Å²) in [5.41, 5.74) is 1.26. The van der Waals surface area contributed by atoms with Gasteiger partial charge in [-0.1, -0.05) is 10.3 Å². The average molecular weight is 240 g/mol. The topological polar surface area (TPSA) is 85.5 Å². The van der Waals surface area contributed by atoms with Gasteiger partial charge in [-0.3, -0.25) is 0 Å². The fourth-order valence-corrected chi connectivity index (χ4v) is 1.70. The second kappa shape index (κ2) is 4.31. The number of carboxylic acids is 1. The molecule has 2 rings (SSSR count). The summed E-state index contributed by atoms with van der Waals surface area (Å²) in [7, 11) is 0. The van der Waals surface area contributed by atoms with Crippen LogP contribution in [0.25, 0.3) is 0 Å².